The molecule has 4 nitrogen and oxygen atoms in total. The number of carboxylic acids is 1. The van der Waals surface area contributed by atoms with Gasteiger partial charge < -0.3 is 14.6 Å². The van der Waals surface area contributed by atoms with Crippen molar-refractivity contribution in [2.75, 3.05) is 6.79 Å². The molecule has 0 amide bonds. The van der Waals surface area contributed by atoms with E-state index in [1.807, 2.05) is 0 Å². The van der Waals surface area contributed by atoms with Gasteiger partial charge in [0.05, 0.1) is 0 Å². The fourth-order valence-electron chi connectivity index (χ4n) is 1.10. The van der Waals surface area contributed by atoms with Crippen LogP contribution in [0, 0.1) is 0 Å². The molecule has 63 valence electrons. The van der Waals surface area contributed by atoms with Gasteiger partial charge in [0.25, 0.3) is 0 Å². The van der Waals surface area contributed by atoms with E-state index < -0.39 is 5.97 Å². The summed E-state index contributed by atoms with van der Waals surface area (Å²) in [6, 6.07) is 4.78. The molecule has 1 aromatic carbocycles. The van der Waals surface area contributed by atoms with Gasteiger partial charge >= 0.3 is 5.97 Å². The van der Waals surface area contributed by atoms with E-state index in [2.05, 4.69) is 0 Å². The topological polar surface area (TPSA) is 55.8 Å². The second-order valence-corrected chi connectivity index (χ2v) is 2.34. The fraction of sp³-hybridized carbons (Fsp3) is 0.125. The molecule has 0 saturated heterocycles. The molecule has 1 aliphatic heterocycles. The van der Waals surface area contributed by atoms with Crippen LogP contribution in [0.15, 0.2) is 18.2 Å². The average molecular weight is 189 g/mol. The number of carboxylic acid groups (broad SMARTS) is 1. The predicted molar refractivity (Wildman–Crippen MR) is 45.3 cm³/mol. The summed E-state index contributed by atoms with van der Waals surface area (Å²) in [5.74, 6) is -0.183. The van der Waals surface area contributed by atoms with E-state index in [-0.39, 0.29) is 41.9 Å². The number of benzene rings is 1. The summed E-state index contributed by atoms with van der Waals surface area (Å²) in [6.07, 6.45) is 0. The molecule has 1 aromatic rings. The van der Waals surface area contributed by atoms with Crippen LogP contribution in [0.2, 0.25) is 0 Å². The second-order valence-electron chi connectivity index (χ2n) is 2.34. The normalized spacial score (nSPS) is 12.0. The van der Waals surface area contributed by atoms with E-state index in [0.717, 1.165) is 0 Å². The SMILES string of the molecule is O=C(O)c1cccc2c1OCO2.[Na]. The van der Waals surface area contributed by atoms with Crippen molar-refractivity contribution >= 4 is 35.5 Å². The van der Waals surface area contributed by atoms with Gasteiger partial charge in [0, 0.05) is 29.6 Å². The van der Waals surface area contributed by atoms with Crippen LogP contribution in [0.4, 0.5) is 0 Å². The third kappa shape index (κ3) is 1.80. The molecule has 0 spiro atoms. The van der Waals surface area contributed by atoms with Crippen molar-refractivity contribution in [1.82, 2.24) is 0 Å². The van der Waals surface area contributed by atoms with Gasteiger partial charge in [-0.1, -0.05) is 6.07 Å². The van der Waals surface area contributed by atoms with Crippen molar-refractivity contribution in [1.29, 1.82) is 0 Å². The number of rotatable bonds is 1. The Balaban J connectivity index is 0.000000845. The van der Waals surface area contributed by atoms with Gasteiger partial charge in [-0.2, -0.15) is 0 Å². The zero-order chi connectivity index (χ0) is 8.55. The number of carbonyl (C=O) groups is 1. The van der Waals surface area contributed by atoms with E-state index in [9.17, 15) is 4.79 Å². The summed E-state index contributed by atoms with van der Waals surface area (Å²) in [5, 5.41) is 8.71. The maximum atomic E-state index is 10.6. The third-order valence-corrected chi connectivity index (χ3v) is 1.63. The van der Waals surface area contributed by atoms with Crippen LogP contribution in [0.1, 0.15) is 10.4 Å². The Morgan fingerprint density at radius 3 is 2.85 bits per heavy atom. The summed E-state index contributed by atoms with van der Waals surface area (Å²) in [7, 11) is 0. The minimum absolute atomic E-state index is 0. The molecular formula is C8H6NaO4. The number of hydrogen-bond donors (Lipinski definition) is 1. The van der Waals surface area contributed by atoms with Crippen molar-refractivity contribution < 1.29 is 19.4 Å². The maximum Gasteiger partial charge on any atom is 0.339 e. The van der Waals surface area contributed by atoms with Crippen LogP contribution in [-0.4, -0.2) is 47.4 Å². The quantitative estimate of drug-likeness (QED) is 0.661. The molecule has 2 rings (SSSR count). The van der Waals surface area contributed by atoms with Crippen molar-refractivity contribution in [3.63, 3.8) is 0 Å². The Labute approximate surface area is 96.8 Å². The Kier molecular flexibility index (Phi) is 3.19. The van der Waals surface area contributed by atoms with Crippen LogP contribution in [-0.2, 0) is 0 Å². The van der Waals surface area contributed by atoms with Crippen LogP contribution >= 0.6 is 0 Å². The van der Waals surface area contributed by atoms with Crippen molar-refractivity contribution in [2.45, 2.75) is 0 Å². The Morgan fingerprint density at radius 1 is 1.38 bits per heavy atom. The first-order valence-electron chi connectivity index (χ1n) is 3.41. The maximum absolute atomic E-state index is 10.6. The second kappa shape index (κ2) is 4.00. The number of ether oxygens (including phenoxy) is 2. The molecule has 0 aromatic heterocycles. The van der Waals surface area contributed by atoms with Gasteiger partial charge in [0.2, 0.25) is 6.79 Å². The Hall–Kier alpha value is -0.710. The molecule has 13 heavy (non-hydrogen) atoms. The van der Waals surface area contributed by atoms with Gasteiger partial charge in [0.1, 0.15) is 5.56 Å². The Bertz CT molecular complexity index is 337. The summed E-state index contributed by atoms with van der Waals surface area (Å²) in [6.45, 7) is 0.0969. The summed E-state index contributed by atoms with van der Waals surface area (Å²) >= 11 is 0. The third-order valence-electron chi connectivity index (χ3n) is 1.63. The number of aromatic carboxylic acids is 1. The number of fused-ring (bicyclic) bond motifs is 1. The number of hydrogen-bond acceptors (Lipinski definition) is 3. The van der Waals surface area contributed by atoms with Crippen LogP contribution < -0.4 is 9.47 Å². The zero-order valence-electron chi connectivity index (χ0n) is 7.11. The molecule has 0 unspecified atom stereocenters. The van der Waals surface area contributed by atoms with Gasteiger partial charge in [-0.05, 0) is 12.1 Å². The van der Waals surface area contributed by atoms with Crippen molar-refractivity contribution in [3.05, 3.63) is 23.8 Å². The standard InChI is InChI=1S/C8H6O4.Na/c9-8(10)5-2-1-3-6-7(5)12-4-11-6;/h1-3H,4H2,(H,9,10);. The first kappa shape index (κ1) is 10.4. The minimum Gasteiger partial charge on any atom is -0.478 e. The van der Waals surface area contributed by atoms with Crippen LogP contribution in [0.5, 0.6) is 11.5 Å². The molecule has 0 saturated carbocycles. The van der Waals surface area contributed by atoms with Gasteiger partial charge in [0.15, 0.2) is 11.5 Å². The smallest absolute Gasteiger partial charge is 0.339 e. The molecule has 0 fully saturated rings. The molecule has 0 atom stereocenters. The van der Waals surface area contributed by atoms with Gasteiger partial charge in [-0.3, -0.25) is 0 Å². The molecule has 1 aliphatic rings. The first-order valence-corrected chi connectivity index (χ1v) is 3.41. The van der Waals surface area contributed by atoms with Crippen LogP contribution in [0.25, 0.3) is 0 Å². The largest absolute Gasteiger partial charge is 0.478 e. The molecule has 0 aliphatic carbocycles. The fourth-order valence-corrected chi connectivity index (χ4v) is 1.10. The van der Waals surface area contributed by atoms with Crippen molar-refractivity contribution in [2.24, 2.45) is 0 Å². The molecular weight excluding hydrogens is 183 g/mol. The molecule has 0 bridgehead atoms. The van der Waals surface area contributed by atoms with Crippen molar-refractivity contribution in [3.8, 4) is 11.5 Å². The molecule has 1 radical (unpaired) electrons. The van der Waals surface area contributed by atoms with E-state index in [1.54, 1.807) is 12.1 Å². The number of para-hydroxylation sites is 1. The minimum atomic E-state index is -1.00. The van der Waals surface area contributed by atoms with Crippen LogP contribution in [0.3, 0.4) is 0 Å². The predicted octanol–water partition coefficient (Wildman–Crippen LogP) is 0.733. The van der Waals surface area contributed by atoms with E-state index in [4.69, 9.17) is 14.6 Å². The molecule has 5 heteroatoms. The summed E-state index contributed by atoms with van der Waals surface area (Å²) < 4.78 is 9.99. The van der Waals surface area contributed by atoms with E-state index in [1.165, 1.54) is 6.07 Å². The summed E-state index contributed by atoms with van der Waals surface area (Å²) in [4.78, 5) is 10.6. The molecule has 1 N–H and O–H groups in total. The van der Waals surface area contributed by atoms with E-state index >= 15 is 0 Å². The van der Waals surface area contributed by atoms with Gasteiger partial charge in [-0.15, -0.1) is 0 Å². The Morgan fingerprint density at radius 2 is 2.15 bits per heavy atom. The monoisotopic (exact) mass is 189 g/mol. The average Bonchev–Trinajstić information content (AvgIpc) is 2.49. The zero-order valence-corrected chi connectivity index (χ0v) is 9.11. The first-order chi connectivity index (χ1) is 5.79. The molecule has 1 heterocycles. The van der Waals surface area contributed by atoms with Gasteiger partial charge in [-0.25, -0.2) is 4.79 Å². The summed E-state index contributed by atoms with van der Waals surface area (Å²) in [5.41, 5.74) is 0.144. The van der Waals surface area contributed by atoms with E-state index in [0.29, 0.717) is 11.5 Å².